The van der Waals surface area contributed by atoms with Crippen LogP contribution in [0.2, 0.25) is 5.02 Å². The molecule has 3 aromatic carbocycles. The number of aromatic nitrogens is 4. The first-order valence-electron chi connectivity index (χ1n) is 11.0. The van der Waals surface area contributed by atoms with E-state index >= 15 is 0 Å². The lowest BCUT2D eigenvalue weighted by Crippen LogP contribution is -2.22. The molecule has 0 saturated heterocycles. The summed E-state index contributed by atoms with van der Waals surface area (Å²) in [5.41, 5.74) is 3.14. The lowest BCUT2D eigenvalue weighted by Gasteiger charge is -2.27. The highest BCUT2D eigenvalue weighted by Gasteiger charge is 2.37. The van der Waals surface area contributed by atoms with E-state index in [1.807, 2.05) is 66.7 Å². The first-order chi connectivity index (χ1) is 17.2. The van der Waals surface area contributed by atoms with Gasteiger partial charge in [0.15, 0.2) is 17.2 Å². The van der Waals surface area contributed by atoms with Gasteiger partial charge in [0.2, 0.25) is 5.88 Å². The fourth-order valence-electron chi connectivity index (χ4n) is 4.66. The Morgan fingerprint density at radius 2 is 1.66 bits per heavy atom. The fraction of sp³-hybridized carbons (Fsp3) is 0.0370. The van der Waals surface area contributed by atoms with Crippen molar-refractivity contribution in [3.8, 4) is 23.0 Å². The maximum Gasteiger partial charge on any atom is 0.344 e. The zero-order valence-electron chi connectivity index (χ0n) is 18.1. The van der Waals surface area contributed by atoms with Crippen LogP contribution in [-0.4, -0.2) is 19.6 Å². The lowest BCUT2D eigenvalue weighted by atomic mass is 9.84. The summed E-state index contributed by atoms with van der Waals surface area (Å²) in [5.74, 6) is 0.748. The smallest absolute Gasteiger partial charge is 0.344 e. The monoisotopic (exact) mass is 478 g/mol. The highest BCUT2D eigenvalue weighted by Crippen LogP contribution is 2.48. The van der Waals surface area contributed by atoms with Crippen molar-refractivity contribution in [2.45, 2.75) is 5.92 Å². The molecule has 7 rings (SSSR count). The minimum Gasteiger partial charge on any atom is -0.437 e. The number of halogens is 1. The third-order valence-electron chi connectivity index (χ3n) is 6.21. The highest BCUT2D eigenvalue weighted by molar-refractivity contribution is 6.33. The van der Waals surface area contributed by atoms with Crippen molar-refractivity contribution in [1.29, 1.82) is 0 Å². The van der Waals surface area contributed by atoms with E-state index in [9.17, 15) is 4.79 Å². The molecule has 0 spiro atoms. The average Bonchev–Trinajstić information content (AvgIpc) is 3.33. The van der Waals surface area contributed by atoms with E-state index in [2.05, 4.69) is 10.1 Å². The summed E-state index contributed by atoms with van der Waals surface area (Å²) < 4.78 is 13.6. The number of rotatable bonds is 2. The van der Waals surface area contributed by atoms with E-state index in [-0.39, 0.29) is 0 Å². The molecule has 0 N–H and O–H groups in total. The van der Waals surface area contributed by atoms with Gasteiger partial charge < -0.3 is 9.15 Å². The molecular formula is C27H15ClN4O3. The molecule has 0 saturated carbocycles. The number of ether oxygens (including phenoxy) is 1. The Hall–Kier alpha value is -4.49. The van der Waals surface area contributed by atoms with E-state index in [0.717, 1.165) is 5.56 Å². The van der Waals surface area contributed by atoms with Crippen LogP contribution in [0.1, 0.15) is 22.6 Å². The van der Waals surface area contributed by atoms with Crippen LogP contribution in [0, 0.1) is 0 Å². The van der Waals surface area contributed by atoms with E-state index in [1.54, 1.807) is 23.0 Å². The topological polar surface area (TPSA) is 82.5 Å². The Kier molecular flexibility index (Phi) is 4.28. The van der Waals surface area contributed by atoms with Crippen LogP contribution in [0.4, 0.5) is 0 Å². The van der Waals surface area contributed by atoms with Crippen LogP contribution in [0.3, 0.4) is 0 Å². The predicted molar refractivity (Wildman–Crippen MR) is 131 cm³/mol. The van der Waals surface area contributed by atoms with Gasteiger partial charge in [0.25, 0.3) is 0 Å². The van der Waals surface area contributed by atoms with Crippen LogP contribution in [0.15, 0.2) is 94.4 Å². The Bertz CT molecular complexity index is 1830. The first-order valence-corrected chi connectivity index (χ1v) is 11.4. The van der Waals surface area contributed by atoms with E-state index in [0.29, 0.717) is 55.8 Å². The molecule has 1 aliphatic heterocycles. The number of benzene rings is 3. The maximum absolute atomic E-state index is 13.4. The summed E-state index contributed by atoms with van der Waals surface area (Å²) in [7, 11) is 0. The Morgan fingerprint density at radius 1 is 0.886 bits per heavy atom. The average molecular weight is 479 g/mol. The molecule has 1 aliphatic rings. The SMILES string of the molecule is O=c1oc2ccccc2c2c1C(c1ccccc1)c1c(ncn3nc(-c4ccccc4Cl)nc13)O2. The lowest BCUT2D eigenvalue weighted by molar-refractivity contribution is 0.422. The molecule has 0 amide bonds. The molecule has 0 radical (unpaired) electrons. The van der Waals surface area contributed by atoms with E-state index in [4.69, 9.17) is 25.7 Å². The molecule has 0 fully saturated rings. The normalized spacial score (nSPS) is 14.5. The van der Waals surface area contributed by atoms with Crippen LogP contribution >= 0.6 is 11.6 Å². The summed E-state index contributed by atoms with van der Waals surface area (Å²) in [6, 6.07) is 24.4. The Morgan fingerprint density at radius 3 is 2.51 bits per heavy atom. The van der Waals surface area contributed by atoms with Gasteiger partial charge in [-0.05, 0) is 29.8 Å². The molecule has 8 heteroatoms. The summed E-state index contributed by atoms with van der Waals surface area (Å²) in [6.07, 6.45) is 1.56. The van der Waals surface area contributed by atoms with Gasteiger partial charge in [0, 0.05) is 5.56 Å². The van der Waals surface area contributed by atoms with Crippen molar-refractivity contribution >= 4 is 28.2 Å². The largest absolute Gasteiger partial charge is 0.437 e. The number of para-hydroxylation sites is 1. The van der Waals surface area contributed by atoms with Gasteiger partial charge >= 0.3 is 5.63 Å². The molecule has 7 nitrogen and oxygen atoms in total. The molecule has 0 aliphatic carbocycles. The van der Waals surface area contributed by atoms with Crippen molar-refractivity contribution in [2.24, 2.45) is 0 Å². The second-order valence-corrected chi connectivity index (χ2v) is 8.63. The highest BCUT2D eigenvalue weighted by atomic mass is 35.5. The zero-order chi connectivity index (χ0) is 23.5. The molecule has 3 aromatic heterocycles. The molecular weight excluding hydrogens is 464 g/mol. The molecule has 6 aromatic rings. The van der Waals surface area contributed by atoms with Crippen molar-refractivity contribution in [3.63, 3.8) is 0 Å². The summed E-state index contributed by atoms with van der Waals surface area (Å²) in [6.45, 7) is 0. The Labute approximate surface area is 203 Å². The van der Waals surface area contributed by atoms with Gasteiger partial charge in [-0.2, -0.15) is 0 Å². The van der Waals surface area contributed by atoms with E-state index < -0.39 is 11.5 Å². The zero-order valence-corrected chi connectivity index (χ0v) is 18.8. The first kappa shape index (κ1) is 19.9. The number of fused-ring (bicyclic) bond motifs is 6. The van der Waals surface area contributed by atoms with Crippen LogP contribution in [-0.2, 0) is 0 Å². The third kappa shape index (κ3) is 2.98. The fourth-order valence-corrected chi connectivity index (χ4v) is 4.89. The molecule has 168 valence electrons. The van der Waals surface area contributed by atoms with Gasteiger partial charge in [0.05, 0.1) is 27.5 Å². The number of nitrogens with zero attached hydrogens (tertiary/aromatic N) is 4. The third-order valence-corrected chi connectivity index (χ3v) is 6.54. The van der Waals surface area contributed by atoms with Crippen molar-refractivity contribution in [1.82, 2.24) is 19.6 Å². The summed E-state index contributed by atoms with van der Waals surface area (Å²) in [5, 5.41) is 5.85. The molecule has 1 atom stereocenters. The predicted octanol–water partition coefficient (Wildman–Crippen LogP) is 5.84. The number of hydrogen-bond donors (Lipinski definition) is 0. The van der Waals surface area contributed by atoms with Gasteiger partial charge in [0.1, 0.15) is 11.9 Å². The summed E-state index contributed by atoms with van der Waals surface area (Å²) in [4.78, 5) is 22.7. The number of hydrogen-bond acceptors (Lipinski definition) is 6. The summed E-state index contributed by atoms with van der Waals surface area (Å²) >= 11 is 6.41. The second kappa shape index (κ2) is 7.51. The van der Waals surface area contributed by atoms with E-state index in [1.165, 1.54) is 0 Å². The van der Waals surface area contributed by atoms with Gasteiger partial charge in [-0.1, -0.05) is 66.2 Å². The molecule has 0 bridgehead atoms. The van der Waals surface area contributed by atoms with Crippen molar-refractivity contribution < 1.29 is 9.15 Å². The minimum absolute atomic E-state index is 0.368. The standard InChI is InChI=1S/C27H15ClN4O3/c28-18-12-6-4-10-16(18)24-30-25-22-20(15-8-2-1-3-9-15)21-23(35-26(22)29-14-32(25)31-24)17-11-5-7-13-19(17)34-27(21)33/h1-14,20H. The minimum atomic E-state index is -0.518. The van der Waals surface area contributed by atoms with Gasteiger partial charge in [-0.3, -0.25) is 0 Å². The van der Waals surface area contributed by atoms with Crippen LogP contribution < -0.4 is 10.4 Å². The molecule has 4 heterocycles. The van der Waals surface area contributed by atoms with Crippen LogP contribution in [0.25, 0.3) is 28.0 Å². The van der Waals surface area contributed by atoms with Crippen LogP contribution in [0.5, 0.6) is 11.6 Å². The molecule has 1 unspecified atom stereocenters. The van der Waals surface area contributed by atoms with Gasteiger partial charge in [-0.15, -0.1) is 5.10 Å². The van der Waals surface area contributed by atoms with Crippen molar-refractivity contribution in [2.75, 3.05) is 0 Å². The second-order valence-electron chi connectivity index (χ2n) is 8.22. The molecule has 35 heavy (non-hydrogen) atoms. The van der Waals surface area contributed by atoms with Gasteiger partial charge in [-0.25, -0.2) is 19.3 Å². The van der Waals surface area contributed by atoms with Crippen molar-refractivity contribution in [3.05, 3.63) is 117 Å². The quantitative estimate of drug-likeness (QED) is 0.290. The Balaban J connectivity index is 1.56. The maximum atomic E-state index is 13.4.